The Hall–Kier alpha value is -2.41. The lowest BCUT2D eigenvalue weighted by Crippen LogP contribution is -2.33. The lowest BCUT2D eigenvalue weighted by molar-refractivity contribution is 0.0992. The summed E-state index contributed by atoms with van der Waals surface area (Å²) in [5, 5.41) is 0. The van der Waals surface area contributed by atoms with Gasteiger partial charge in [0, 0.05) is 32.0 Å². The second-order valence-electron chi connectivity index (χ2n) is 6.27. The first-order chi connectivity index (χ1) is 11.9. The van der Waals surface area contributed by atoms with Gasteiger partial charge in [-0.2, -0.15) is 0 Å². The number of aromatic nitrogens is 1. The second-order valence-corrected chi connectivity index (χ2v) is 8.50. The number of para-hydroxylation sites is 1. The molecule has 7 heteroatoms. The van der Waals surface area contributed by atoms with Crippen LogP contribution in [0.4, 0.5) is 11.5 Å². The summed E-state index contributed by atoms with van der Waals surface area (Å²) >= 11 is 0. The Bertz CT molecular complexity index is 851. The summed E-state index contributed by atoms with van der Waals surface area (Å²) in [6.45, 7) is 0. The number of hydrogen-bond acceptors (Lipinski definition) is 5. The zero-order valence-corrected chi connectivity index (χ0v) is 15.1. The van der Waals surface area contributed by atoms with Crippen LogP contribution in [-0.2, 0) is 9.84 Å². The molecule has 132 valence electrons. The predicted octanol–water partition coefficient (Wildman–Crippen LogP) is 1.98. The van der Waals surface area contributed by atoms with E-state index in [4.69, 9.17) is 0 Å². The first-order valence-corrected chi connectivity index (χ1v) is 9.92. The maximum Gasteiger partial charge on any atom is 0.259 e. The highest BCUT2D eigenvalue weighted by atomic mass is 32.2. The topological polar surface area (TPSA) is 70.6 Å². The van der Waals surface area contributed by atoms with Crippen LogP contribution in [-0.4, -0.2) is 51.0 Å². The van der Waals surface area contributed by atoms with E-state index in [1.807, 2.05) is 42.3 Å². The third-order valence-corrected chi connectivity index (χ3v) is 6.31. The van der Waals surface area contributed by atoms with Crippen LogP contribution in [0.5, 0.6) is 0 Å². The van der Waals surface area contributed by atoms with Crippen LogP contribution in [0.2, 0.25) is 0 Å². The molecule has 0 saturated carbocycles. The van der Waals surface area contributed by atoms with E-state index in [-0.39, 0.29) is 23.5 Å². The van der Waals surface area contributed by atoms with Gasteiger partial charge in [0.2, 0.25) is 0 Å². The molecule has 1 fully saturated rings. The van der Waals surface area contributed by atoms with Gasteiger partial charge in [-0.15, -0.1) is 0 Å². The molecule has 1 atom stereocenters. The average molecular weight is 359 g/mol. The van der Waals surface area contributed by atoms with Gasteiger partial charge in [0.15, 0.2) is 9.84 Å². The van der Waals surface area contributed by atoms with Gasteiger partial charge in [0.1, 0.15) is 5.82 Å². The molecule has 2 heterocycles. The van der Waals surface area contributed by atoms with Gasteiger partial charge < -0.3 is 9.80 Å². The van der Waals surface area contributed by atoms with Crippen molar-refractivity contribution < 1.29 is 13.2 Å². The molecule has 1 amide bonds. The van der Waals surface area contributed by atoms with Crippen molar-refractivity contribution in [3.8, 4) is 0 Å². The van der Waals surface area contributed by atoms with Gasteiger partial charge >= 0.3 is 0 Å². The summed E-state index contributed by atoms with van der Waals surface area (Å²) in [5.74, 6) is 0.903. The fourth-order valence-electron chi connectivity index (χ4n) is 2.95. The number of carbonyl (C=O) groups is 1. The average Bonchev–Trinajstić information content (AvgIpc) is 3.00. The molecule has 1 aromatic carbocycles. The monoisotopic (exact) mass is 359 g/mol. The van der Waals surface area contributed by atoms with Crippen LogP contribution < -0.4 is 9.80 Å². The van der Waals surface area contributed by atoms with E-state index in [1.54, 1.807) is 24.1 Å². The van der Waals surface area contributed by atoms with E-state index in [0.29, 0.717) is 17.8 Å². The molecular weight excluding hydrogens is 338 g/mol. The highest BCUT2D eigenvalue weighted by Crippen LogP contribution is 2.22. The van der Waals surface area contributed by atoms with Gasteiger partial charge in [-0.25, -0.2) is 13.4 Å². The summed E-state index contributed by atoms with van der Waals surface area (Å²) in [6.07, 6.45) is 2.15. The number of benzene rings is 1. The molecule has 1 unspecified atom stereocenters. The third-order valence-electron chi connectivity index (χ3n) is 4.56. The van der Waals surface area contributed by atoms with Crippen LogP contribution in [0.25, 0.3) is 0 Å². The molecule has 2 aromatic rings. The Kier molecular flexibility index (Phi) is 4.76. The van der Waals surface area contributed by atoms with Crippen molar-refractivity contribution in [2.45, 2.75) is 12.5 Å². The first-order valence-electron chi connectivity index (χ1n) is 8.10. The lowest BCUT2D eigenvalue weighted by atomic mass is 10.2. The molecule has 0 N–H and O–H groups in total. The molecule has 0 spiro atoms. The highest BCUT2D eigenvalue weighted by Gasteiger charge is 2.31. The molecule has 0 bridgehead atoms. The molecule has 1 aromatic heterocycles. The molecule has 6 nitrogen and oxygen atoms in total. The molecule has 1 saturated heterocycles. The summed E-state index contributed by atoms with van der Waals surface area (Å²) in [7, 11) is 0.620. The Morgan fingerprint density at radius 2 is 1.84 bits per heavy atom. The van der Waals surface area contributed by atoms with Gasteiger partial charge in [-0.3, -0.25) is 4.79 Å². The van der Waals surface area contributed by atoms with E-state index in [0.717, 1.165) is 5.69 Å². The van der Waals surface area contributed by atoms with E-state index in [2.05, 4.69) is 4.98 Å². The number of carbonyl (C=O) groups excluding carboxylic acids is 1. The lowest BCUT2D eigenvalue weighted by Gasteiger charge is -2.24. The van der Waals surface area contributed by atoms with Crippen LogP contribution in [0.15, 0.2) is 48.7 Å². The summed E-state index contributed by atoms with van der Waals surface area (Å²) in [6, 6.07) is 12.8. The van der Waals surface area contributed by atoms with E-state index >= 15 is 0 Å². The Labute approximate surface area is 148 Å². The minimum absolute atomic E-state index is 0.0638. The zero-order chi connectivity index (χ0) is 18.0. The summed E-state index contributed by atoms with van der Waals surface area (Å²) < 4.78 is 23.3. The molecule has 0 aliphatic carbocycles. The van der Waals surface area contributed by atoms with E-state index in [9.17, 15) is 13.2 Å². The van der Waals surface area contributed by atoms with Crippen molar-refractivity contribution in [1.29, 1.82) is 0 Å². The second kappa shape index (κ2) is 6.84. The van der Waals surface area contributed by atoms with Gasteiger partial charge in [-0.05, 0) is 30.7 Å². The first kappa shape index (κ1) is 17.4. The van der Waals surface area contributed by atoms with Crippen LogP contribution >= 0.6 is 0 Å². The molecule has 3 rings (SSSR count). The normalized spacial score (nSPS) is 18.7. The summed E-state index contributed by atoms with van der Waals surface area (Å²) in [5.41, 5.74) is 1.30. The van der Waals surface area contributed by atoms with Gasteiger partial charge in [0.25, 0.3) is 5.91 Å². The Morgan fingerprint density at radius 1 is 1.12 bits per heavy atom. The standard InChI is InChI=1S/C18H21N3O3S/c1-20(16-10-11-25(23,24)13-16)17-9-8-14(12-19-17)18(22)21(2)15-6-4-3-5-7-15/h3-9,12,16H,10-11,13H2,1-2H3. The fraction of sp³-hybridized carbons (Fsp3) is 0.333. The van der Waals surface area contributed by atoms with Crippen molar-refractivity contribution in [3.63, 3.8) is 0 Å². The van der Waals surface area contributed by atoms with Crippen molar-refractivity contribution in [3.05, 3.63) is 54.2 Å². The SMILES string of the molecule is CN(C(=O)c1ccc(N(C)C2CCS(=O)(=O)C2)nc1)c1ccccc1. The number of hydrogen-bond donors (Lipinski definition) is 0. The van der Waals surface area contributed by atoms with Crippen LogP contribution in [0.3, 0.4) is 0 Å². The smallest absolute Gasteiger partial charge is 0.259 e. The predicted molar refractivity (Wildman–Crippen MR) is 98.9 cm³/mol. The molecule has 1 aliphatic rings. The van der Waals surface area contributed by atoms with Crippen molar-refractivity contribution >= 4 is 27.2 Å². The molecule has 25 heavy (non-hydrogen) atoms. The fourth-order valence-corrected chi connectivity index (χ4v) is 4.73. The minimum atomic E-state index is -2.94. The number of sulfone groups is 1. The van der Waals surface area contributed by atoms with Crippen molar-refractivity contribution in [1.82, 2.24) is 4.98 Å². The molecular formula is C18H21N3O3S. The van der Waals surface area contributed by atoms with Crippen molar-refractivity contribution in [2.75, 3.05) is 35.4 Å². The van der Waals surface area contributed by atoms with E-state index in [1.165, 1.54) is 6.20 Å². The third kappa shape index (κ3) is 3.82. The van der Waals surface area contributed by atoms with E-state index < -0.39 is 9.84 Å². The van der Waals surface area contributed by atoms with Crippen molar-refractivity contribution in [2.24, 2.45) is 0 Å². The molecule has 0 radical (unpaired) electrons. The van der Waals surface area contributed by atoms with Crippen LogP contribution in [0, 0.1) is 0 Å². The van der Waals surface area contributed by atoms with Gasteiger partial charge in [0.05, 0.1) is 17.1 Å². The number of nitrogens with zero attached hydrogens (tertiary/aromatic N) is 3. The highest BCUT2D eigenvalue weighted by molar-refractivity contribution is 7.91. The zero-order valence-electron chi connectivity index (χ0n) is 14.3. The number of pyridine rings is 1. The Morgan fingerprint density at radius 3 is 2.40 bits per heavy atom. The largest absolute Gasteiger partial charge is 0.356 e. The number of amides is 1. The minimum Gasteiger partial charge on any atom is -0.356 e. The van der Waals surface area contributed by atoms with Crippen LogP contribution in [0.1, 0.15) is 16.8 Å². The molecule has 1 aliphatic heterocycles. The maximum absolute atomic E-state index is 12.6. The Balaban J connectivity index is 1.73. The summed E-state index contributed by atoms with van der Waals surface area (Å²) in [4.78, 5) is 20.4. The maximum atomic E-state index is 12.6. The number of rotatable bonds is 4. The number of anilines is 2. The quantitative estimate of drug-likeness (QED) is 0.835. The van der Waals surface area contributed by atoms with Gasteiger partial charge in [-0.1, -0.05) is 18.2 Å².